The monoisotopic (exact) mass is 319 g/mol. The standard InChI is InChI=1S/C18H17N5O/c1-22-12-16(10-20-22)14-7-15-9-21-23(18(15)19-8-14)11-13-3-5-17(24-2)6-4-13/h3-10,12H,11H2,1-2H3. The molecule has 0 saturated carbocycles. The number of aryl methyl sites for hydroxylation is 1. The van der Waals surface area contributed by atoms with E-state index in [-0.39, 0.29) is 0 Å². The summed E-state index contributed by atoms with van der Waals surface area (Å²) in [5.74, 6) is 0.850. The molecule has 6 heteroatoms. The fourth-order valence-corrected chi connectivity index (χ4v) is 2.72. The summed E-state index contributed by atoms with van der Waals surface area (Å²) in [5.41, 5.74) is 4.12. The summed E-state index contributed by atoms with van der Waals surface area (Å²) in [4.78, 5) is 4.60. The molecule has 0 aliphatic rings. The molecule has 0 aliphatic carbocycles. The highest BCUT2D eigenvalue weighted by Gasteiger charge is 2.08. The van der Waals surface area contributed by atoms with E-state index in [0.29, 0.717) is 6.54 Å². The molecule has 0 fully saturated rings. The van der Waals surface area contributed by atoms with Crippen LogP contribution in [-0.4, -0.2) is 31.7 Å². The van der Waals surface area contributed by atoms with E-state index in [2.05, 4.69) is 21.2 Å². The molecular weight excluding hydrogens is 302 g/mol. The topological polar surface area (TPSA) is 57.8 Å². The normalized spacial score (nSPS) is 11.1. The molecular formula is C18H17N5O. The molecule has 0 saturated heterocycles. The van der Waals surface area contributed by atoms with Crippen molar-refractivity contribution in [1.82, 2.24) is 24.5 Å². The summed E-state index contributed by atoms with van der Waals surface area (Å²) in [6.45, 7) is 0.673. The van der Waals surface area contributed by atoms with E-state index < -0.39 is 0 Å². The molecule has 0 unspecified atom stereocenters. The van der Waals surface area contributed by atoms with Crippen LogP contribution in [0.2, 0.25) is 0 Å². The van der Waals surface area contributed by atoms with Crippen LogP contribution in [0.1, 0.15) is 5.56 Å². The summed E-state index contributed by atoms with van der Waals surface area (Å²) in [6.07, 6.45) is 7.53. The largest absolute Gasteiger partial charge is 0.497 e. The molecule has 24 heavy (non-hydrogen) atoms. The second-order valence-corrected chi connectivity index (χ2v) is 5.69. The lowest BCUT2D eigenvalue weighted by Crippen LogP contribution is -2.02. The molecule has 6 nitrogen and oxygen atoms in total. The summed E-state index contributed by atoms with van der Waals surface area (Å²) >= 11 is 0. The van der Waals surface area contributed by atoms with Gasteiger partial charge in [-0.25, -0.2) is 9.67 Å². The maximum Gasteiger partial charge on any atom is 0.158 e. The second-order valence-electron chi connectivity index (χ2n) is 5.69. The van der Waals surface area contributed by atoms with E-state index in [1.54, 1.807) is 11.8 Å². The fourth-order valence-electron chi connectivity index (χ4n) is 2.72. The van der Waals surface area contributed by atoms with Crippen LogP contribution < -0.4 is 4.74 Å². The zero-order chi connectivity index (χ0) is 16.5. The number of rotatable bonds is 4. The van der Waals surface area contributed by atoms with Gasteiger partial charge in [-0.05, 0) is 23.8 Å². The molecule has 3 aromatic heterocycles. The third kappa shape index (κ3) is 2.62. The second kappa shape index (κ2) is 5.81. The lowest BCUT2D eigenvalue weighted by molar-refractivity contribution is 0.414. The predicted octanol–water partition coefficient (Wildman–Crippen LogP) is 2.89. The number of benzene rings is 1. The van der Waals surface area contributed by atoms with Crippen LogP contribution in [0.4, 0.5) is 0 Å². The van der Waals surface area contributed by atoms with Gasteiger partial charge in [0, 0.05) is 36.0 Å². The van der Waals surface area contributed by atoms with Gasteiger partial charge >= 0.3 is 0 Å². The van der Waals surface area contributed by atoms with Gasteiger partial charge in [0.1, 0.15) is 5.75 Å². The molecule has 120 valence electrons. The van der Waals surface area contributed by atoms with E-state index >= 15 is 0 Å². The minimum absolute atomic E-state index is 0.673. The van der Waals surface area contributed by atoms with Gasteiger partial charge in [0.05, 0.1) is 26.0 Å². The first kappa shape index (κ1) is 14.4. The molecule has 0 atom stereocenters. The van der Waals surface area contributed by atoms with Gasteiger partial charge < -0.3 is 4.74 Å². The highest BCUT2D eigenvalue weighted by atomic mass is 16.5. The third-order valence-electron chi connectivity index (χ3n) is 4.01. The number of aromatic nitrogens is 5. The van der Waals surface area contributed by atoms with Crippen molar-refractivity contribution in [3.05, 3.63) is 60.7 Å². The van der Waals surface area contributed by atoms with Gasteiger partial charge in [0.25, 0.3) is 0 Å². The number of hydrogen-bond donors (Lipinski definition) is 0. The Kier molecular flexibility index (Phi) is 3.49. The quantitative estimate of drug-likeness (QED) is 0.580. The van der Waals surface area contributed by atoms with Crippen molar-refractivity contribution in [3.8, 4) is 16.9 Å². The minimum Gasteiger partial charge on any atom is -0.497 e. The number of pyridine rings is 1. The zero-order valence-electron chi connectivity index (χ0n) is 13.5. The Bertz CT molecular complexity index is 984. The van der Waals surface area contributed by atoms with Gasteiger partial charge in [-0.3, -0.25) is 4.68 Å². The van der Waals surface area contributed by atoms with E-state index in [1.165, 1.54) is 0 Å². The number of fused-ring (bicyclic) bond motifs is 1. The maximum atomic E-state index is 5.19. The van der Waals surface area contributed by atoms with Gasteiger partial charge in [0.15, 0.2) is 5.65 Å². The molecule has 0 bridgehead atoms. The van der Waals surface area contributed by atoms with Gasteiger partial charge in [-0.2, -0.15) is 10.2 Å². The molecule has 4 rings (SSSR count). The lowest BCUT2D eigenvalue weighted by Gasteiger charge is -2.05. The average Bonchev–Trinajstić information content (AvgIpc) is 3.22. The Balaban J connectivity index is 1.64. The van der Waals surface area contributed by atoms with Crippen molar-refractivity contribution in [3.63, 3.8) is 0 Å². The van der Waals surface area contributed by atoms with Crippen LogP contribution in [0, 0.1) is 0 Å². The van der Waals surface area contributed by atoms with E-state index in [9.17, 15) is 0 Å². The van der Waals surface area contributed by atoms with Crippen molar-refractivity contribution in [1.29, 1.82) is 0 Å². The number of hydrogen-bond acceptors (Lipinski definition) is 4. The van der Waals surface area contributed by atoms with E-state index in [0.717, 1.165) is 33.5 Å². The molecule has 0 aliphatic heterocycles. The summed E-state index contributed by atoms with van der Waals surface area (Å²) in [7, 11) is 3.57. The Morgan fingerprint density at radius 3 is 2.54 bits per heavy atom. The molecule has 0 amide bonds. The molecule has 4 aromatic rings. The van der Waals surface area contributed by atoms with Crippen LogP contribution in [0.3, 0.4) is 0 Å². The Hall–Kier alpha value is -3.15. The molecule has 0 radical (unpaired) electrons. The zero-order valence-corrected chi connectivity index (χ0v) is 13.5. The maximum absolute atomic E-state index is 5.19. The smallest absolute Gasteiger partial charge is 0.158 e. The average molecular weight is 319 g/mol. The van der Waals surface area contributed by atoms with Crippen molar-refractivity contribution in [2.45, 2.75) is 6.54 Å². The van der Waals surface area contributed by atoms with E-state index in [4.69, 9.17) is 4.74 Å². The van der Waals surface area contributed by atoms with Crippen molar-refractivity contribution >= 4 is 11.0 Å². The lowest BCUT2D eigenvalue weighted by atomic mass is 10.1. The predicted molar refractivity (Wildman–Crippen MR) is 91.8 cm³/mol. The SMILES string of the molecule is COc1ccc(Cn2ncc3cc(-c4cnn(C)c4)cnc32)cc1. The third-order valence-corrected chi connectivity index (χ3v) is 4.01. The van der Waals surface area contributed by atoms with Gasteiger partial charge in [-0.15, -0.1) is 0 Å². The van der Waals surface area contributed by atoms with Crippen LogP contribution in [-0.2, 0) is 13.6 Å². The Morgan fingerprint density at radius 2 is 1.83 bits per heavy atom. The van der Waals surface area contributed by atoms with Crippen molar-refractivity contribution in [2.24, 2.45) is 7.05 Å². The molecule has 0 spiro atoms. The number of nitrogens with zero attached hydrogens (tertiary/aromatic N) is 5. The van der Waals surface area contributed by atoms with Gasteiger partial charge in [-0.1, -0.05) is 12.1 Å². The highest BCUT2D eigenvalue weighted by molar-refractivity contribution is 5.80. The van der Waals surface area contributed by atoms with Crippen LogP contribution in [0.5, 0.6) is 5.75 Å². The Labute approximate surface area is 139 Å². The van der Waals surface area contributed by atoms with Crippen LogP contribution >= 0.6 is 0 Å². The number of ether oxygens (including phenoxy) is 1. The summed E-state index contributed by atoms with van der Waals surface area (Å²) in [5, 5.41) is 9.70. The Morgan fingerprint density at radius 1 is 1.00 bits per heavy atom. The van der Waals surface area contributed by atoms with Gasteiger partial charge in [0.2, 0.25) is 0 Å². The first-order valence-electron chi connectivity index (χ1n) is 7.66. The first-order valence-corrected chi connectivity index (χ1v) is 7.66. The van der Waals surface area contributed by atoms with Crippen molar-refractivity contribution < 1.29 is 4.74 Å². The number of methoxy groups -OCH3 is 1. The molecule has 3 heterocycles. The highest BCUT2D eigenvalue weighted by Crippen LogP contribution is 2.22. The molecule has 1 aromatic carbocycles. The summed E-state index contributed by atoms with van der Waals surface area (Å²) < 4.78 is 8.88. The van der Waals surface area contributed by atoms with Crippen molar-refractivity contribution in [2.75, 3.05) is 7.11 Å². The fraction of sp³-hybridized carbons (Fsp3) is 0.167. The minimum atomic E-state index is 0.673. The van der Waals surface area contributed by atoms with Crippen LogP contribution in [0.25, 0.3) is 22.2 Å². The van der Waals surface area contributed by atoms with E-state index in [1.807, 2.05) is 60.8 Å². The summed E-state index contributed by atoms with van der Waals surface area (Å²) in [6, 6.07) is 10.1. The van der Waals surface area contributed by atoms with Crippen LogP contribution in [0.15, 0.2) is 55.1 Å². The molecule has 0 N–H and O–H groups in total. The first-order chi connectivity index (χ1) is 11.7.